The Bertz CT molecular complexity index is 403. The number of furan rings is 1. The lowest BCUT2D eigenvalue weighted by molar-refractivity contribution is 0.103. The van der Waals surface area contributed by atoms with Crippen molar-refractivity contribution in [3.05, 3.63) is 23.7 Å². The van der Waals surface area contributed by atoms with Crippen LogP contribution in [0, 0.1) is 5.41 Å². The highest BCUT2D eigenvalue weighted by Gasteiger charge is 2.28. The fraction of sp³-hybridized carbons (Fsp3) is 0.765. The maximum atomic E-state index is 5.70. The first-order valence-electron chi connectivity index (χ1n) is 8.03. The molecule has 1 aliphatic rings. The minimum absolute atomic E-state index is 0.512. The van der Waals surface area contributed by atoms with Crippen molar-refractivity contribution in [2.24, 2.45) is 5.41 Å². The zero-order chi connectivity index (χ0) is 14.6. The topological polar surface area (TPSA) is 28.4 Å². The fourth-order valence-electron chi connectivity index (χ4n) is 2.78. The summed E-state index contributed by atoms with van der Waals surface area (Å²) in [6, 6.07) is 2.61. The Morgan fingerprint density at radius 3 is 2.65 bits per heavy atom. The maximum Gasteiger partial charge on any atom is 0.122 e. The summed E-state index contributed by atoms with van der Waals surface area (Å²) >= 11 is 0. The average Bonchev–Trinajstić information content (AvgIpc) is 2.86. The number of nitrogens with zero attached hydrogens (tertiary/aromatic N) is 1. The summed E-state index contributed by atoms with van der Waals surface area (Å²) in [5.41, 5.74) is 1.87. The number of hydrogen-bond acceptors (Lipinski definition) is 3. The van der Waals surface area contributed by atoms with Crippen LogP contribution in [0.4, 0.5) is 0 Å². The Morgan fingerprint density at radius 1 is 1.35 bits per heavy atom. The van der Waals surface area contributed by atoms with Crippen molar-refractivity contribution in [1.29, 1.82) is 0 Å². The van der Waals surface area contributed by atoms with E-state index in [1.54, 1.807) is 0 Å². The van der Waals surface area contributed by atoms with E-state index in [-0.39, 0.29) is 0 Å². The van der Waals surface area contributed by atoms with Crippen molar-refractivity contribution in [3.63, 3.8) is 0 Å². The van der Waals surface area contributed by atoms with Gasteiger partial charge in [-0.1, -0.05) is 34.1 Å². The summed E-state index contributed by atoms with van der Waals surface area (Å²) in [5, 5.41) is 3.47. The molecule has 0 saturated carbocycles. The smallest absolute Gasteiger partial charge is 0.122 e. The van der Waals surface area contributed by atoms with Gasteiger partial charge in [0, 0.05) is 18.2 Å². The third-order valence-electron chi connectivity index (χ3n) is 4.82. The predicted octanol–water partition coefficient (Wildman–Crippen LogP) is 3.79. The molecule has 20 heavy (non-hydrogen) atoms. The van der Waals surface area contributed by atoms with Crippen molar-refractivity contribution in [2.45, 2.75) is 66.1 Å². The zero-order valence-electron chi connectivity index (χ0n) is 13.5. The molecule has 2 heterocycles. The number of hydrogen-bond donors (Lipinski definition) is 1. The molecule has 0 radical (unpaired) electrons. The molecule has 0 aliphatic carbocycles. The highest BCUT2D eigenvalue weighted by molar-refractivity contribution is 5.17. The highest BCUT2D eigenvalue weighted by atomic mass is 16.3. The molecule has 0 spiro atoms. The van der Waals surface area contributed by atoms with Gasteiger partial charge in [-0.05, 0) is 37.4 Å². The van der Waals surface area contributed by atoms with E-state index in [1.807, 2.05) is 6.26 Å². The van der Waals surface area contributed by atoms with E-state index in [9.17, 15) is 0 Å². The van der Waals surface area contributed by atoms with Gasteiger partial charge in [-0.15, -0.1) is 0 Å². The molecule has 1 fully saturated rings. The van der Waals surface area contributed by atoms with E-state index < -0.39 is 0 Å². The molecule has 1 N–H and O–H groups in total. The fourth-order valence-corrected chi connectivity index (χ4v) is 2.78. The molecule has 0 aromatic carbocycles. The maximum absolute atomic E-state index is 5.70. The van der Waals surface area contributed by atoms with E-state index in [0.29, 0.717) is 11.5 Å². The summed E-state index contributed by atoms with van der Waals surface area (Å²) in [4.78, 5) is 2.54. The van der Waals surface area contributed by atoms with Crippen LogP contribution in [0.15, 0.2) is 16.7 Å². The van der Waals surface area contributed by atoms with E-state index in [1.165, 1.54) is 37.9 Å². The van der Waals surface area contributed by atoms with Gasteiger partial charge in [-0.2, -0.15) is 0 Å². The lowest BCUT2D eigenvalue weighted by Gasteiger charge is -2.38. The number of rotatable bonds is 6. The van der Waals surface area contributed by atoms with Gasteiger partial charge in [0.15, 0.2) is 0 Å². The van der Waals surface area contributed by atoms with Crippen molar-refractivity contribution >= 4 is 0 Å². The van der Waals surface area contributed by atoms with Gasteiger partial charge in [0.25, 0.3) is 0 Å². The van der Waals surface area contributed by atoms with Crippen LogP contribution < -0.4 is 5.32 Å². The van der Waals surface area contributed by atoms with Gasteiger partial charge in [-0.3, -0.25) is 4.90 Å². The summed E-state index contributed by atoms with van der Waals surface area (Å²) in [6.45, 7) is 13.4. The molecule has 0 unspecified atom stereocenters. The molecule has 0 atom stereocenters. The molecule has 1 aromatic heterocycles. The first kappa shape index (κ1) is 15.6. The summed E-state index contributed by atoms with van der Waals surface area (Å²) in [7, 11) is 0. The monoisotopic (exact) mass is 278 g/mol. The molecule has 1 aromatic rings. The van der Waals surface area contributed by atoms with E-state index in [0.717, 1.165) is 18.8 Å². The quantitative estimate of drug-likeness (QED) is 0.858. The molecule has 1 aliphatic heterocycles. The summed E-state index contributed by atoms with van der Waals surface area (Å²) in [6.07, 6.45) is 5.74. The molecule has 0 amide bonds. The molecular formula is C17H30N2O. The Morgan fingerprint density at radius 2 is 2.05 bits per heavy atom. The van der Waals surface area contributed by atoms with E-state index in [2.05, 4.69) is 44.0 Å². The standard InChI is InChI=1S/C17H30N2O/c1-5-17(4)7-9-19(10-8-17)13-16-15(6-11-20-16)12-18-14(2)3/h6,11,14,18H,5,7-10,12-13H2,1-4H3. The third kappa shape index (κ3) is 4.10. The van der Waals surface area contributed by atoms with Crippen LogP contribution in [-0.2, 0) is 13.1 Å². The van der Waals surface area contributed by atoms with Crippen molar-refractivity contribution in [3.8, 4) is 0 Å². The average molecular weight is 278 g/mol. The van der Waals surface area contributed by atoms with Gasteiger partial charge < -0.3 is 9.73 Å². The third-order valence-corrected chi connectivity index (χ3v) is 4.82. The number of nitrogens with one attached hydrogen (secondary N) is 1. The molecule has 2 rings (SSSR count). The first-order valence-corrected chi connectivity index (χ1v) is 8.03. The van der Waals surface area contributed by atoms with Crippen molar-refractivity contribution in [1.82, 2.24) is 10.2 Å². The van der Waals surface area contributed by atoms with Crippen molar-refractivity contribution < 1.29 is 4.42 Å². The van der Waals surface area contributed by atoms with Gasteiger partial charge in [0.05, 0.1) is 12.8 Å². The summed E-state index contributed by atoms with van der Waals surface area (Å²) < 4.78 is 5.70. The second kappa shape index (κ2) is 6.77. The molecule has 3 nitrogen and oxygen atoms in total. The lowest BCUT2D eigenvalue weighted by Crippen LogP contribution is -2.38. The Labute approximate surface area is 123 Å². The second-order valence-electron chi connectivity index (χ2n) is 6.84. The number of likely N-dealkylation sites (tertiary alicyclic amines) is 1. The SMILES string of the molecule is CCC1(C)CCN(Cc2occc2CNC(C)C)CC1. The molecule has 0 bridgehead atoms. The zero-order valence-corrected chi connectivity index (χ0v) is 13.5. The number of piperidine rings is 1. The van der Waals surface area contributed by atoms with Gasteiger partial charge in [0.2, 0.25) is 0 Å². The Hall–Kier alpha value is -0.800. The lowest BCUT2D eigenvalue weighted by atomic mass is 9.78. The van der Waals surface area contributed by atoms with Crippen molar-refractivity contribution in [2.75, 3.05) is 13.1 Å². The van der Waals surface area contributed by atoms with Crippen LogP contribution in [0.2, 0.25) is 0 Å². The molecule has 3 heteroatoms. The first-order chi connectivity index (χ1) is 9.52. The predicted molar refractivity (Wildman–Crippen MR) is 83.6 cm³/mol. The second-order valence-corrected chi connectivity index (χ2v) is 6.84. The van der Waals surface area contributed by atoms with Crippen LogP contribution in [0.5, 0.6) is 0 Å². The van der Waals surface area contributed by atoms with Gasteiger partial charge in [-0.25, -0.2) is 0 Å². The highest BCUT2D eigenvalue weighted by Crippen LogP contribution is 2.34. The van der Waals surface area contributed by atoms with Crippen LogP contribution in [0.3, 0.4) is 0 Å². The normalized spacial score (nSPS) is 19.6. The Balaban J connectivity index is 1.87. The van der Waals surface area contributed by atoms with Crippen LogP contribution in [0.1, 0.15) is 58.3 Å². The van der Waals surface area contributed by atoms with Crippen LogP contribution in [-0.4, -0.2) is 24.0 Å². The van der Waals surface area contributed by atoms with E-state index in [4.69, 9.17) is 4.42 Å². The minimum atomic E-state index is 0.512. The summed E-state index contributed by atoms with van der Waals surface area (Å²) in [5.74, 6) is 1.14. The van der Waals surface area contributed by atoms with Gasteiger partial charge >= 0.3 is 0 Å². The Kier molecular flexibility index (Phi) is 5.28. The van der Waals surface area contributed by atoms with E-state index >= 15 is 0 Å². The molecule has 1 saturated heterocycles. The van der Waals surface area contributed by atoms with Crippen LogP contribution >= 0.6 is 0 Å². The minimum Gasteiger partial charge on any atom is -0.468 e. The largest absolute Gasteiger partial charge is 0.468 e. The molecular weight excluding hydrogens is 248 g/mol. The van der Waals surface area contributed by atoms with Crippen LogP contribution in [0.25, 0.3) is 0 Å². The molecule has 114 valence electrons. The van der Waals surface area contributed by atoms with Gasteiger partial charge in [0.1, 0.15) is 5.76 Å².